The van der Waals surface area contributed by atoms with Crippen molar-refractivity contribution < 1.29 is 165 Å². The molecule has 0 spiro atoms. The van der Waals surface area contributed by atoms with Crippen molar-refractivity contribution in [1.29, 1.82) is 0 Å². The molecule has 0 aliphatic rings. The number of hydrogen-bond acceptors (Lipinski definition) is 37. The lowest BCUT2D eigenvalue weighted by Crippen LogP contribution is -2.54. The molecule has 1 aromatic rings. The normalized spacial score (nSPS) is 11.6. The van der Waals surface area contributed by atoms with Gasteiger partial charge in [-0.15, -0.1) is 0 Å². The van der Waals surface area contributed by atoms with Gasteiger partial charge in [0.25, 0.3) is 0 Å². The fourth-order valence-electron chi connectivity index (χ4n) is 10.2. The van der Waals surface area contributed by atoms with Crippen LogP contribution in [0.1, 0.15) is 134 Å². The van der Waals surface area contributed by atoms with E-state index in [4.69, 9.17) is 126 Å². The lowest BCUT2D eigenvalue weighted by molar-refractivity contribution is -0.137. The van der Waals surface area contributed by atoms with Crippen LogP contribution in [0, 0.1) is 0 Å². The molecule has 1 unspecified atom stereocenters. The zero-order valence-corrected chi connectivity index (χ0v) is 101. The van der Waals surface area contributed by atoms with Gasteiger partial charge in [-0.25, -0.2) is 4.79 Å². The molecule has 1 atom stereocenters. The molecule has 1 aromatic carbocycles. The van der Waals surface area contributed by atoms with E-state index in [0.29, 0.717) is 123 Å². The summed E-state index contributed by atoms with van der Waals surface area (Å²) in [5.74, 6) is 2.57. The maximum atomic E-state index is 11.0. The summed E-state index contributed by atoms with van der Waals surface area (Å²) in [5, 5.41) is 9.74. The van der Waals surface area contributed by atoms with Gasteiger partial charge in [0, 0.05) is 209 Å². The van der Waals surface area contributed by atoms with Gasteiger partial charge in [0.2, 0.25) is 8.32 Å². The number of allylic oxidation sites excluding steroid dienone is 4. The van der Waals surface area contributed by atoms with Crippen LogP contribution < -0.4 is 5.19 Å². The summed E-state index contributed by atoms with van der Waals surface area (Å²) >= 11 is 8.23. The maximum absolute atomic E-state index is 11.0. The number of Topliss-reactive ketones (excluding diaryl/α,β-unsaturated/α-hetero) is 4. The van der Waals surface area contributed by atoms with Gasteiger partial charge in [-0.2, -0.15) is 25.3 Å². The monoisotopic (exact) mass is 2170 g/mol. The smallest absolute Gasteiger partial charge is 0.491 e. The molecule has 0 bridgehead atoms. The Labute approximate surface area is 846 Å². The third-order valence-electron chi connectivity index (χ3n) is 18.4. The lowest BCUT2D eigenvalue weighted by atomic mass is 10.2. The van der Waals surface area contributed by atoms with Crippen molar-refractivity contribution in [3.8, 4) is 0 Å². The highest BCUT2D eigenvalue weighted by Crippen LogP contribution is 2.23. The third-order valence-corrected chi connectivity index (χ3v) is 45.8. The van der Waals surface area contributed by atoms with Crippen molar-refractivity contribution in [1.82, 2.24) is 0 Å². The van der Waals surface area contributed by atoms with Crippen LogP contribution in [-0.4, -0.2) is 340 Å². The number of aliphatic hydroxyl groups excluding tert-OH is 1. The first-order valence-electron chi connectivity index (χ1n) is 45.0. The topological polar surface area (TPSA) is 424 Å². The zero-order chi connectivity index (χ0) is 107. The number of benzene rings is 1. The SMILES string of the molecule is C=C(OCCC[Si](C)(C)C=O)C(C)=O.C=C(OCCC[Si](C)(O)CO)C(C)=O.C=C(OCCC[Si](C)(OCC)OCC)C(C)=O.C=C(OCCC[Si](OCC)(OCC)OCC)C(C)=O.C=CC(=O)OCCC[Si](OC)(OC)OC.C=C[Si](OC)(OC)OC.C=C[Si](OCC)(OCC)OCC.C=Cc1ccc([Si](OC)(OC)OC)cc1.CO[Si](C)(CCCS)OC.CO[Si](CCCS)(OC)OC.O. The lowest BCUT2D eigenvalue weighted by Gasteiger charge is -2.28. The number of ketones is 4. The number of aliphatic hydroxyl groups is 1. The number of esters is 1. The first kappa shape index (κ1) is 153. The van der Waals surface area contributed by atoms with Crippen LogP contribution in [0.5, 0.6) is 0 Å². The van der Waals surface area contributed by atoms with E-state index < -0.39 is 92.3 Å². The number of hydrogen-bond donors (Lipinski definition) is 4. The predicted octanol–water partition coefficient (Wildman–Crippen LogP) is 14.5. The van der Waals surface area contributed by atoms with E-state index in [1.54, 1.807) is 124 Å². The minimum atomic E-state index is -2.66. The van der Waals surface area contributed by atoms with Crippen molar-refractivity contribution >= 4 is 158 Å². The van der Waals surface area contributed by atoms with Gasteiger partial charge in [0.05, 0.1) is 45.2 Å². The Morgan fingerprint density at radius 1 is 0.358 bits per heavy atom. The molecule has 36 nitrogen and oxygen atoms in total. The number of thiol groups is 2. The number of carbonyl (C=O) groups is 6. The van der Waals surface area contributed by atoms with Crippen molar-refractivity contribution in [3.05, 3.63) is 123 Å². The quantitative estimate of drug-likeness (QED) is 0.00895. The summed E-state index contributed by atoms with van der Waals surface area (Å²) in [6.07, 6.45) is 8.43. The van der Waals surface area contributed by atoms with Crippen molar-refractivity contribution in [2.45, 2.75) is 203 Å². The molecule has 4 N–H and O–H groups in total. The summed E-state index contributed by atoms with van der Waals surface area (Å²) < 4.78 is 143. The second-order valence-corrected chi connectivity index (χ2v) is 62.7. The number of rotatable bonds is 71. The zero-order valence-electron chi connectivity index (χ0n) is 89.3. The van der Waals surface area contributed by atoms with Crippen molar-refractivity contribution in [2.75, 3.05) is 203 Å². The van der Waals surface area contributed by atoms with E-state index >= 15 is 0 Å². The highest BCUT2D eigenvalue weighted by Gasteiger charge is 2.43. The second kappa shape index (κ2) is 94.3. The summed E-state index contributed by atoms with van der Waals surface area (Å²) in [4.78, 5) is 74.1. The average molecular weight is 2180 g/mol. The Morgan fingerprint density at radius 3 is 0.891 bits per heavy atom. The Hall–Kier alpha value is -3.97. The minimum absolute atomic E-state index is 0. The summed E-state index contributed by atoms with van der Waals surface area (Å²) in [7, 11) is -0.493. The largest absolute Gasteiger partial charge is 0.536 e. The number of carbonyl (C=O) groups excluding carboxylic acids is 6. The predicted molar refractivity (Wildman–Crippen MR) is 572 cm³/mol. The molecule has 0 radical (unpaired) electrons. The molecule has 0 heterocycles. The Morgan fingerprint density at radius 2 is 0.642 bits per heavy atom. The van der Waals surface area contributed by atoms with Gasteiger partial charge in [-0.1, -0.05) is 96.1 Å². The van der Waals surface area contributed by atoms with E-state index in [2.05, 4.69) is 91.0 Å². The van der Waals surface area contributed by atoms with Gasteiger partial charge in [-0.05, 0) is 173 Å². The molecular weight excluding hydrogens is 1990 g/mol. The van der Waals surface area contributed by atoms with E-state index in [1.165, 1.54) is 27.7 Å². The van der Waals surface area contributed by atoms with Crippen LogP contribution in [0.4, 0.5) is 0 Å². The first-order chi connectivity index (χ1) is 64.0. The molecule has 48 heteroatoms. The molecule has 0 aromatic heterocycles. The third kappa shape index (κ3) is 79.1. The van der Waals surface area contributed by atoms with Crippen LogP contribution in [-0.2, 0) is 150 Å². The van der Waals surface area contributed by atoms with Crippen LogP contribution in [0.3, 0.4) is 0 Å². The summed E-state index contributed by atoms with van der Waals surface area (Å²) in [5.41, 5.74) is 4.31. The van der Waals surface area contributed by atoms with Crippen LogP contribution in [0.15, 0.2) is 117 Å². The van der Waals surface area contributed by atoms with Gasteiger partial charge >= 0.3 is 75.9 Å². The molecule has 0 aliphatic carbocycles. The summed E-state index contributed by atoms with van der Waals surface area (Å²) in [6.45, 7) is 66.1. The summed E-state index contributed by atoms with van der Waals surface area (Å²) in [6, 6.07) is 13.3. The van der Waals surface area contributed by atoms with Gasteiger partial charge < -0.3 is 141 Å². The van der Waals surface area contributed by atoms with Crippen LogP contribution in [0.2, 0.25) is 75.0 Å². The molecule has 808 valence electrons. The second-order valence-electron chi connectivity index (χ2n) is 29.3. The highest BCUT2D eigenvalue weighted by molar-refractivity contribution is 7.80. The van der Waals surface area contributed by atoms with Crippen LogP contribution in [0.25, 0.3) is 6.08 Å². The minimum Gasteiger partial charge on any atom is -0.491 e. The fraction of sp³-hybridized carbons (Fsp3) is 0.685. The molecule has 0 saturated carbocycles. The Balaban J connectivity index is -0.000000164. The molecule has 0 aliphatic heterocycles. The molecule has 0 amide bonds. The van der Waals surface area contributed by atoms with Crippen molar-refractivity contribution in [2.24, 2.45) is 0 Å². The molecule has 0 saturated heterocycles. The molecular formula is C89H184O36S2Si10. The molecule has 1 rings (SSSR count). The Kier molecular flexibility index (Phi) is 105. The van der Waals surface area contributed by atoms with E-state index in [9.17, 15) is 33.6 Å². The molecule has 137 heavy (non-hydrogen) atoms. The van der Waals surface area contributed by atoms with Crippen LogP contribution >= 0.6 is 25.3 Å². The average Bonchev–Trinajstić information content (AvgIpc) is 0.823. The number of ether oxygens (including phenoxy) is 5. The Bertz CT molecular complexity index is 3180. The first-order valence-corrected chi connectivity index (χ1v) is 68.5. The van der Waals surface area contributed by atoms with E-state index in [0.717, 1.165) is 84.1 Å². The maximum Gasteiger partial charge on any atom is 0.536 e. The van der Waals surface area contributed by atoms with E-state index in [1.807, 2.05) is 92.7 Å². The van der Waals surface area contributed by atoms with Crippen molar-refractivity contribution in [3.63, 3.8) is 0 Å². The van der Waals surface area contributed by atoms with Gasteiger partial charge in [0.1, 0.15) is 8.07 Å². The van der Waals surface area contributed by atoms with E-state index in [-0.39, 0.29) is 57.9 Å². The van der Waals surface area contributed by atoms with Gasteiger partial charge in [-0.3, -0.25) is 19.2 Å². The standard InChI is InChI=1S/C13H26O5Si.C12H24O4Si.C11H16O3Si.C10H18O3Si.C9H18O5Si.C9H18O4Si.C8H18O3Si.C6H16O3SSi.C6H16O2SSi.C5H12O3Si.H2O/c1-6-16-19(17-7-2,18-8-3)11-9-10-15-13(5)12(4)14;1-6-15-17(5,16-7-2)10-8-9-14-12(4)11(3)13;1-5-10-6-8-11(9-7-10)15(12-2,13-3)14-4;1-9(12)10(2)13-6-5-7-14(3,4)8-11;1-5-9(10)14-7-6-8-15(11-2,12-3)13-4;1-8(11)9(2)13-5-4-6-14(3,12)7-10;1-5-9-12(8-4,10-6-2)11-7-3;1-7-11(8-2,9-3)6-4-5-10;1-7-10(3,8-2)6-4-5-9;1-5-9(6-2,7-3)8-4;/h5-11H2,1-4H3;4,6-10H2,1-3,5H3;5-9H,1H2,2-4H3;8H,2,5-7H2,1,3-4H3;5H,1,6-8H2,2-4H3;10,12H,2,4-7H2,1,3H3;8H,4-7H2,1-3H3;10H,4-6H2,1-3H3;9H,4-6H2,1-3H3;5H,1H2,2-4H3;1H2. The highest BCUT2D eigenvalue weighted by atomic mass is 32.1. The fourth-order valence-corrected chi connectivity index (χ4v) is 27.7. The molecule has 0 fully saturated rings. The van der Waals surface area contributed by atoms with Gasteiger partial charge in [0.15, 0.2) is 46.2 Å².